The Morgan fingerprint density at radius 1 is 1.75 bits per heavy atom. The Hall–Kier alpha value is -1.40. The largest absolute Gasteiger partial charge is 0.380 e. The molecular formula is C10H15N3O3. The van der Waals surface area contributed by atoms with E-state index in [1.807, 2.05) is 0 Å². The monoisotopic (exact) mass is 225 g/mol. The van der Waals surface area contributed by atoms with Gasteiger partial charge < -0.3 is 19.9 Å². The molecule has 1 fully saturated rings. The highest BCUT2D eigenvalue weighted by atomic mass is 16.5. The van der Waals surface area contributed by atoms with E-state index in [2.05, 4.69) is 15.8 Å². The fourth-order valence-corrected chi connectivity index (χ4v) is 1.72. The van der Waals surface area contributed by atoms with Gasteiger partial charge >= 0.3 is 0 Å². The van der Waals surface area contributed by atoms with E-state index in [9.17, 15) is 4.79 Å². The van der Waals surface area contributed by atoms with E-state index in [0.29, 0.717) is 24.5 Å². The van der Waals surface area contributed by atoms with Crippen LogP contribution in [0.3, 0.4) is 0 Å². The molecule has 1 amide bonds. The molecular weight excluding hydrogens is 210 g/mol. The molecule has 0 aliphatic carbocycles. The van der Waals surface area contributed by atoms with E-state index >= 15 is 0 Å². The molecule has 1 aromatic rings. The zero-order valence-electron chi connectivity index (χ0n) is 9.32. The highest BCUT2D eigenvalue weighted by Crippen LogP contribution is 2.13. The van der Waals surface area contributed by atoms with E-state index < -0.39 is 0 Å². The first-order valence-electron chi connectivity index (χ1n) is 5.19. The molecule has 2 atom stereocenters. The number of nitrogens with zero attached hydrogens (tertiary/aromatic N) is 1. The summed E-state index contributed by atoms with van der Waals surface area (Å²) in [5, 5.41) is 9.48. The maximum atomic E-state index is 11.8. The predicted molar refractivity (Wildman–Crippen MR) is 57.1 cm³/mol. The summed E-state index contributed by atoms with van der Waals surface area (Å²) >= 11 is 0. The fraction of sp³-hybridized carbons (Fsp3) is 0.600. The number of carbonyl (C=O) groups excluding carboxylic acids is 1. The van der Waals surface area contributed by atoms with Crippen molar-refractivity contribution in [3.8, 4) is 0 Å². The van der Waals surface area contributed by atoms with Gasteiger partial charge in [-0.3, -0.25) is 4.79 Å². The van der Waals surface area contributed by atoms with Crippen molar-refractivity contribution < 1.29 is 14.1 Å². The number of methoxy groups -OCH3 is 1. The Balaban J connectivity index is 1.89. The number of carbonyl (C=O) groups is 1. The molecule has 1 aromatic heterocycles. The Bertz CT molecular complexity index is 377. The van der Waals surface area contributed by atoms with Crippen molar-refractivity contribution in [3.05, 3.63) is 11.8 Å². The molecule has 1 saturated heterocycles. The number of rotatable bonds is 3. The molecule has 2 unspecified atom stereocenters. The van der Waals surface area contributed by atoms with Gasteiger partial charge in [0.1, 0.15) is 5.76 Å². The molecule has 1 aliphatic heterocycles. The van der Waals surface area contributed by atoms with Crippen LogP contribution in [0.15, 0.2) is 10.6 Å². The summed E-state index contributed by atoms with van der Waals surface area (Å²) in [6, 6.07) is 1.46. The van der Waals surface area contributed by atoms with Crippen molar-refractivity contribution in [2.45, 2.75) is 25.5 Å². The minimum absolute atomic E-state index is 0.104. The third-order valence-electron chi connectivity index (χ3n) is 2.62. The lowest BCUT2D eigenvalue weighted by atomic mass is 10.2. The molecule has 2 N–H and O–H groups in total. The van der Waals surface area contributed by atoms with Gasteiger partial charge in [-0.15, -0.1) is 0 Å². The lowest BCUT2D eigenvalue weighted by Gasteiger charge is -2.08. The van der Waals surface area contributed by atoms with Crippen LogP contribution in [-0.2, 0) is 9.53 Å². The number of aromatic nitrogens is 1. The summed E-state index contributed by atoms with van der Waals surface area (Å²) in [6.45, 7) is 2.48. The van der Waals surface area contributed by atoms with Gasteiger partial charge in [0.2, 0.25) is 5.91 Å². The molecule has 0 radical (unpaired) electrons. The molecule has 6 heteroatoms. The van der Waals surface area contributed by atoms with Gasteiger partial charge in [0.25, 0.3) is 0 Å². The zero-order valence-corrected chi connectivity index (χ0v) is 9.32. The molecule has 2 rings (SSSR count). The number of nitrogens with one attached hydrogen (secondary N) is 2. The second-order valence-electron chi connectivity index (χ2n) is 3.87. The van der Waals surface area contributed by atoms with Crippen molar-refractivity contribution in [2.24, 2.45) is 0 Å². The molecule has 88 valence electrons. The maximum absolute atomic E-state index is 11.8. The van der Waals surface area contributed by atoms with Crippen LogP contribution in [0.2, 0.25) is 0 Å². The van der Waals surface area contributed by atoms with E-state index in [4.69, 9.17) is 9.26 Å². The van der Waals surface area contributed by atoms with E-state index in [-0.39, 0.29) is 18.1 Å². The second kappa shape index (κ2) is 4.63. The number of anilines is 1. The summed E-state index contributed by atoms with van der Waals surface area (Å²) in [7, 11) is 1.65. The molecule has 0 saturated carbocycles. The van der Waals surface area contributed by atoms with Crippen LogP contribution in [0.1, 0.15) is 12.2 Å². The van der Waals surface area contributed by atoms with Gasteiger partial charge in [-0.1, -0.05) is 5.16 Å². The topological polar surface area (TPSA) is 76.4 Å². The lowest BCUT2D eigenvalue weighted by molar-refractivity contribution is -0.118. The van der Waals surface area contributed by atoms with Crippen LogP contribution in [-0.4, -0.2) is 36.9 Å². The first kappa shape index (κ1) is 11.1. The Morgan fingerprint density at radius 2 is 2.56 bits per heavy atom. The first-order valence-corrected chi connectivity index (χ1v) is 5.19. The highest BCUT2D eigenvalue weighted by molar-refractivity contribution is 5.94. The predicted octanol–water partition coefficient (Wildman–Crippen LogP) is 0.298. The molecule has 6 nitrogen and oxygen atoms in total. The number of hydrogen-bond donors (Lipinski definition) is 2. The maximum Gasteiger partial charge on any atom is 0.242 e. The molecule has 2 heterocycles. The Morgan fingerprint density at radius 3 is 3.12 bits per heavy atom. The van der Waals surface area contributed by atoms with E-state index in [1.54, 1.807) is 20.1 Å². The summed E-state index contributed by atoms with van der Waals surface area (Å²) in [6.07, 6.45) is 0.786. The van der Waals surface area contributed by atoms with Crippen molar-refractivity contribution in [1.82, 2.24) is 10.5 Å². The van der Waals surface area contributed by atoms with Crippen LogP contribution in [0.5, 0.6) is 0 Å². The van der Waals surface area contributed by atoms with Gasteiger partial charge in [-0.25, -0.2) is 0 Å². The second-order valence-corrected chi connectivity index (χ2v) is 3.87. The molecule has 0 aromatic carbocycles. The van der Waals surface area contributed by atoms with Crippen LogP contribution in [0.4, 0.5) is 5.82 Å². The summed E-state index contributed by atoms with van der Waals surface area (Å²) in [5.74, 6) is 1.02. The quantitative estimate of drug-likeness (QED) is 0.773. The summed E-state index contributed by atoms with van der Waals surface area (Å²) in [4.78, 5) is 11.8. The summed E-state index contributed by atoms with van der Waals surface area (Å²) < 4.78 is 10.0. The lowest BCUT2D eigenvalue weighted by Crippen LogP contribution is -2.35. The average Bonchev–Trinajstić information content (AvgIpc) is 2.87. The van der Waals surface area contributed by atoms with Crippen LogP contribution >= 0.6 is 0 Å². The number of hydrogen-bond acceptors (Lipinski definition) is 5. The van der Waals surface area contributed by atoms with Crippen molar-refractivity contribution in [3.63, 3.8) is 0 Å². The van der Waals surface area contributed by atoms with E-state index in [1.165, 1.54) is 0 Å². The highest BCUT2D eigenvalue weighted by Gasteiger charge is 2.29. The Labute approximate surface area is 93.3 Å². The normalized spacial score (nSPS) is 24.6. The van der Waals surface area contributed by atoms with E-state index in [0.717, 1.165) is 0 Å². The Kier molecular flexibility index (Phi) is 3.21. The number of ether oxygens (including phenoxy) is 1. The van der Waals surface area contributed by atoms with Gasteiger partial charge in [0.15, 0.2) is 5.82 Å². The van der Waals surface area contributed by atoms with Crippen LogP contribution in [0.25, 0.3) is 0 Å². The summed E-state index contributed by atoms with van der Waals surface area (Å²) in [5.41, 5.74) is 0. The van der Waals surface area contributed by atoms with Gasteiger partial charge in [0.05, 0.1) is 12.1 Å². The third-order valence-corrected chi connectivity index (χ3v) is 2.62. The minimum Gasteiger partial charge on any atom is -0.380 e. The first-order chi connectivity index (χ1) is 7.69. The number of aryl methyl sites for hydroxylation is 1. The minimum atomic E-state index is -0.220. The zero-order chi connectivity index (χ0) is 11.5. The van der Waals surface area contributed by atoms with Gasteiger partial charge in [-0.2, -0.15) is 0 Å². The van der Waals surface area contributed by atoms with Crippen molar-refractivity contribution in [2.75, 3.05) is 19.0 Å². The smallest absolute Gasteiger partial charge is 0.242 e. The average molecular weight is 225 g/mol. The molecule has 0 bridgehead atoms. The van der Waals surface area contributed by atoms with Crippen LogP contribution in [0, 0.1) is 6.92 Å². The van der Waals surface area contributed by atoms with Gasteiger partial charge in [-0.05, 0) is 13.3 Å². The molecule has 1 aliphatic rings. The molecule has 16 heavy (non-hydrogen) atoms. The fourth-order valence-electron chi connectivity index (χ4n) is 1.72. The van der Waals surface area contributed by atoms with Crippen molar-refractivity contribution >= 4 is 11.7 Å². The number of amides is 1. The van der Waals surface area contributed by atoms with Crippen molar-refractivity contribution in [1.29, 1.82) is 0 Å². The third kappa shape index (κ3) is 2.40. The SMILES string of the molecule is COC1CNC(C(=O)Nc2cc(C)on2)C1. The van der Waals surface area contributed by atoms with Crippen LogP contribution < -0.4 is 10.6 Å². The molecule has 0 spiro atoms. The standard InChI is InChI=1S/C10H15N3O3/c1-6-3-9(13-16-6)12-10(14)8-4-7(15-2)5-11-8/h3,7-8,11H,4-5H2,1-2H3,(H,12,13,14). The van der Waals surface area contributed by atoms with Gasteiger partial charge in [0, 0.05) is 19.7 Å².